The Hall–Kier alpha value is -1.40. The van der Waals surface area contributed by atoms with Gasteiger partial charge in [-0.15, -0.1) is 0 Å². The van der Waals surface area contributed by atoms with Crippen LogP contribution in [0.1, 0.15) is 38.2 Å². The van der Waals surface area contributed by atoms with Gasteiger partial charge in [0.25, 0.3) is 0 Å². The van der Waals surface area contributed by atoms with Crippen LogP contribution in [0.25, 0.3) is 0 Å². The van der Waals surface area contributed by atoms with Gasteiger partial charge in [0, 0.05) is 0 Å². The molecule has 0 aliphatic heterocycles. The fourth-order valence-corrected chi connectivity index (χ4v) is 4.54. The van der Waals surface area contributed by atoms with Crippen molar-refractivity contribution in [3.8, 4) is 0 Å². The lowest BCUT2D eigenvalue weighted by molar-refractivity contribution is 0.285. The summed E-state index contributed by atoms with van der Waals surface area (Å²) in [6, 6.07) is 6.84. The molecule has 0 heterocycles. The predicted octanol–water partition coefficient (Wildman–Crippen LogP) is 2.16. The predicted molar refractivity (Wildman–Crippen MR) is 83.8 cm³/mol. The van der Waals surface area contributed by atoms with Gasteiger partial charge in [-0.2, -0.15) is 4.72 Å². The molecule has 1 aliphatic carbocycles. The van der Waals surface area contributed by atoms with E-state index in [2.05, 4.69) is 11.6 Å². The highest BCUT2D eigenvalue weighted by molar-refractivity contribution is 7.89. The number of sulfonamides is 1. The van der Waals surface area contributed by atoms with Crippen molar-refractivity contribution in [2.45, 2.75) is 50.0 Å². The van der Waals surface area contributed by atoms with E-state index < -0.39 is 15.6 Å². The van der Waals surface area contributed by atoms with E-state index in [0.29, 0.717) is 24.3 Å². The normalized spacial score (nSPS) is 26.5. The van der Waals surface area contributed by atoms with E-state index in [9.17, 15) is 8.42 Å². The molecular weight excluding hydrogens is 286 g/mol. The van der Waals surface area contributed by atoms with Crippen LogP contribution in [0.15, 0.2) is 29.2 Å². The maximum atomic E-state index is 12.6. The summed E-state index contributed by atoms with van der Waals surface area (Å²) in [6.45, 7) is 3.90. The molecule has 1 fully saturated rings. The Morgan fingerprint density at radius 2 is 1.90 bits per heavy atom. The van der Waals surface area contributed by atoms with Crippen molar-refractivity contribution in [2.75, 3.05) is 0 Å². The molecule has 0 spiro atoms. The van der Waals surface area contributed by atoms with E-state index >= 15 is 0 Å². The van der Waals surface area contributed by atoms with Crippen molar-refractivity contribution in [2.24, 2.45) is 11.7 Å². The van der Waals surface area contributed by atoms with Crippen molar-refractivity contribution >= 4 is 15.9 Å². The average molecular weight is 309 g/mol. The standard InChI is InChI=1S/C15H23N3O2S/c1-11-7-9-15(10-8-11,14(16)17)18-21(19,20)13-6-4-3-5-12(13)2/h3-6,11,18H,7-10H2,1-2H3,(H3,16,17). The van der Waals surface area contributed by atoms with Gasteiger partial charge in [0.2, 0.25) is 10.0 Å². The van der Waals surface area contributed by atoms with Crippen LogP contribution in [0.2, 0.25) is 0 Å². The first-order valence-corrected chi connectivity index (χ1v) is 8.69. The number of nitrogens with one attached hydrogen (secondary N) is 2. The van der Waals surface area contributed by atoms with E-state index in [1.807, 2.05) is 0 Å². The number of aryl methyl sites for hydroxylation is 1. The molecule has 0 radical (unpaired) electrons. The summed E-state index contributed by atoms with van der Waals surface area (Å²) in [5.41, 5.74) is 5.48. The Labute approximate surface area is 126 Å². The summed E-state index contributed by atoms with van der Waals surface area (Å²) < 4.78 is 28.0. The molecule has 0 unspecified atom stereocenters. The van der Waals surface area contributed by atoms with E-state index in [1.54, 1.807) is 31.2 Å². The van der Waals surface area contributed by atoms with Crippen LogP contribution in [0, 0.1) is 18.3 Å². The molecule has 116 valence electrons. The first-order valence-electron chi connectivity index (χ1n) is 7.21. The van der Waals surface area contributed by atoms with Gasteiger partial charge in [-0.25, -0.2) is 8.42 Å². The lowest BCUT2D eigenvalue weighted by Gasteiger charge is -2.38. The third kappa shape index (κ3) is 3.27. The molecule has 1 aromatic rings. The quantitative estimate of drug-likeness (QED) is 0.587. The highest BCUT2D eigenvalue weighted by Gasteiger charge is 2.41. The Morgan fingerprint density at radius 1 is 1.33 bits per heavy atom. The zero-order valence-electron chi connectivity index (χ0n) is 12.5. The van der Waals surface area contributed by atoms with Gasteiger partial charge in [-0.05, 0) is 50.2 Å². The minimum atomic E-state index is -3.68. The van der Waals surface area contributed by atoms with Crippen molar-refractivity contribution in [3.05, 3.63) is 29.8 Å². The highest BCUT2D eigenvalue weighted by Crippen LogP contribution is 2.33. The monoisotopic (exact) mass is 309 g/mol. The number of benzene rings is 1. The van der Waals surface area contributed by atoms with Crippen molar-refractivity contribution in [1.82, 2.24) is 4.72 Å². The second kappa shape index (κ2) is 5.77. The molecule has 1 aliphatic rings. The maximum Gasteiger partial charge on any atom is 0.241 e. The Balaban J connectivity index is 2.33. The van der Waals surface area contributed by atoms with E-state index in [-0.39, 0.29) is 10.7 Å². The summed E-state index contributed by atoms with van der Waals surface area (Å²) in [4.78, 5) is 0.254. The van der Waals surface area contributed by atoms with Crippen LogP contribution in [0.3, 0.4) is 0 Å². The molecule has 5 nitrogen and oxygen atoms in total. The SMILES string of the molecule is Cc1ccccc1S(=O)(=O)NC1(C(=N)N)CCC(C)CC1. The molecule has 0 aromatic heterocycles. The van der Waals surface area contributed by atoms with Crippen molar-refractivity contribution in [3.63, 3.8) is 0 Å². The van der Waals surface area contributed by atoms with Gasteiger partial charge in [-0.3, -0.25) is 5.41 Å². The summed E-state index contributed by atoms with van der Waals surface area (Å²) in [7, 11) is -3.68. The summed E-state index contributed by atoms with van der Waals surface area (Å²) in [5, 5.41) is 7.85. The van der Waals surface area contributed by atoms with Crippen molar-refractivity contribution < 1.29 is 8.42 Å². The lowest BCUT2D eigenvalue weighted by Crippen LogP contribution is -2.58. The summed E-state index contributed by atoms with van der Waals surface area (Å²) in [5.74, 6) is 0.451. The second-order valence-electron chi connectivity index (χ2n) is 6.05. The molecule has 2 rings (SSSR count). The van der Waals surface area contributed by atoms with Crippen LogP contribution in [-0.2, 0) is 10.0 Å². The number of hydrogen-bond donors (Lipinski definition) is 3. The third-order valence-electron chi connectivity index (χ3n) is 4.36. The second-order valence-corrected chi connectivity index (χ2v) is 7.70. The van der Waals surface area contributed by atoms with Gasteiger partial charge >= 0.3 is 0 Å². The summed E-state index contributed by atoms with van der Waals surface area (Å²) >= 11 is 0. The van der Waals surface area contributed by atoms with Crippen molar-refractivity contribution in [1.29, 1.82) is 5.41 Å². The molecule has 21 heavy (non-hydrogen) atoms. The Morgan fingerprint density at radius 3 is 2.43 bits per heavy atom. The van der Waals surface area contributed by atoms with Gasteiger partial charge < -0.3 is 5.73 Å². The molecule has 0 amide bonds. The summed E-state index contributed by atoms with van der Waals surface area (Å²) in [6.07, 6.45) is 2.90. The molecule has 4 N–H and O–H groups in total. The van der Waals surface area contributed by atoms with Gasteiger partial charge in [-0.1, -0.05) is 25.1 Å². The zero-order valence-corrected chi connectivity index (χ0v) is 13.3. The lowest BCUT2D eigenvalue weighted by atomic mass is 9.77. The van der Waals surface area contributed by atoms with Gasteiger partial charge in [0.15, 0.2) is 0 Å². The van der Waals surface area contributed by atoms with E-state index in [1.165, 1.54) is 0 Å². The Bertz CT molecular complexity index is 632. The van der Waals surface area contributed by atoms with Crippen LogP contribution in [0.5, 0.6) is 0 Å². The molecule has 0 atom stereocenters. The fourth-order valence-electron chi connectivity index (χ4n) is 2.85. The molecule has 0 bridgehead atoms. The number of nitrogens with two attached hydrogens (primary N) is 1. The topological polar surface area (TPSA) is 96.0 Å². The molecule has 0 saturated heterocycles. The number of amidine groups is 1. The smallest absolute Gasteiger partial charge is 0.241 e. The molecule has 1 aromatic carbocycles. The first-order chi connectivity index (χ1) is 9.77. The molecule has 1 saturated carbocycles. The zero-order chi connectivity index (χ0) is 15.7. The highest BCUT2D eigenvalue weighted by atomic mass is 32.2. The largest absolute Gasteiger partial charge is 0.386 e. The van der Waals surface area contributed by atoms with Gasteiger partial charge in [0.05, 0.1) is 10.4 Å². The minimum Gasteiger partial charge on any atom is -0.386 e. The third-order valence-corrected chi connectivity index (χ3v) is 6.05. The van der Waals surface area contributed by atoms with Crippen LogP contribution in [0.4, 0.5) is 0 Å². The minimum absolute atomic E-state index is 0.0911. The fraction of sp³-hybridized carbons (Fsp3) is 0.533. The maximum absolute atomic E-state index is 12.6. The first kappa shape index (κ1) is 16.0. The van der Waals surface area contributed by atoms with E-state index in [0.717, 1.165) is 12.8 Å². The van der Waals surface area contributed by atoms with Crippen LogP contribution in [-0.4, -0.2) is 19.8 Å². The van der Waals surface area contributed by atoms with Crippen LogP contribution >= 0.6 is 0 Å². The molecular formula is C15H23N3O2S. The number of rotatable bonds is 4. The van der Waals surface area contributed by atoms with E-state index in [4.69, 9.17) is 11.1 Å². The average Bonchev–Trinajstić information content (AvgIpc) is 2.41. The van der Waals surface area contributed by atoms with Crippen LogP contribution < -0.4 is 10.5 Å². The van der Waals surface area contributed by atoms with Gasteiger partial charge in [0.1, 0.15) is 5.84 Å². The number of hydrogen-bond acceptors (Lipinski definition) is 3. The molecule has 6 heteroatoms. The Kier molecular flexibility index (Phi) is 4.39.